The third kappa shape index (κ3) is 4.18. The average molecular weight is 419 g/mol. The van der Waals surface area contributed by atoms with Crippen LogP contribution in [-0.2, 0) is 6.42 Å². The summed E-state index contributed by atoms with van der Waals surface area (Å²) >= 11 is 0. The van der Waals surface area contributed by atoms with Gasteiger partial charge in [0.05, 0.1) is 17.4 Å². The Balaban J connectivity index is 1.46. The maximum Gasteiger partial charge on any atom is 0.225 e. The van der Waals surface area contributed by atoms with Crippen molar-refractivity contribution in [3.8, 4) is 11.8 Å². The Morgan fingerprint density at radius 2 is 1.94 bits per heavy atom. The Morgan fingerprint density at radius 1 is 1.16 bits per heavy atom. The molecule has 0 saturated carbocycles. The van der Waals surface area contributed by atoms with Crippen LogP contribution in [0.25, 0.3) is 0 Å². The lowest BCUT2D eigenvalue weighted by atomic mass is 9.76. The minimum Gasteiger partial charge on any atom is -0.391 e. The molecular weight excluding hydrogens is 388 g/mol. The third-order valence-corrected chi connectivity index (χ3v) is 7.07. The van der Waals surface area contributed by atoms with E-state index in [0.717, 1.165) is 49.3 Å². The monoisotopic (exact) mass is 418 g/mol. The molecule has 4 fully saturated rings. The molecule has 0 spiro atoms. The maximum absolute atomic E-state index is 11.2. The number of anilines is 1. The lowest BCUT2D eigenvalue weighted by molar-refractivity contribution is -0.0713. The molecular formula is C25H30N4O2. The van der Waals surface area contributed by atoms with Crippen LogP contribution in [0.1, 0.15) is 36.6 Å². The van der Waals surface area contributed by atoms with Gasteiger partial charge in [-0.3, -0.25) is 4.90 Å². The number of nitrogens with zero attached hydrogens (tertiary/aromatic N) is 4. The summed E-state index contributed by atoms with van der Waals surface area (Å²) in [6.45, 7) is 6.09. The van der Waals surface area contributed by atoms with Crippen LogP contribution in [0.15, 0.2) is 36.5 Å². The van der Waals surface area contributed by atoms with Crippen LogP contribution in [0.3, 0.4) is 0 Å². The van der Waals surface area contributed by atoms with Gasteiger partial charge < -0.3 is 15.1 Å². The summed E-state index contributed by atoms with van der Waals surface area (Å²) in [4.78, 5) is 13.8. The number of benzene rings is 1. The van der Waals surface area contributed by atoms with Crippen LogP contribution in [0.2, 0.25) is 0 Å². The van der Waals surface area contributed by atoms with Crippen molar-refractivity contribution in [3.63, 3.8) is 0 Å². The highest BCUT2D eigenvalue weighted by atomic mass is 16.3. The first-order valence-corrected chi connectivity index (χ1v) is 11.3. The number of piperidine rings is 3. The summed E-state index contributed by atoms with van der Waals surface area (Å²) in [6, 6.07) is 10.2. The molecule has 0 aliphatic carbocycles. The average Bonchev–Trinajstić information content (AvgIpc) is 3.12. The van der Waals surface area contributed by atoms with Crippen LogP contribution in [0.4, 0.5) is 5.95 Å². The molecule has 3 atom stereocenters. The summed E-state index contributed by atoms with van der Waals surface area (Å²) in [5.74, 6) is 7.54. The molecule has 6 nitrogen and oxygen atoms in total. The Bertz CT molecular complexity index is 984. The van der Waals surface area contributed by atoms with Gasteiger partial charge in [-0.05, 0) is 31.5 Å². The highest BCUT2D eigenvalue weighted by Crippen LogP contribution is 2.35. The lowest BCUT2D eigenvalue weighted by Gasteiger charge is -2.47. The largest absolute Gasteiger partial charge is 0.391 e. The van der Waals surface area contributed by atoms with Gasteiger partial charge in [-0.25, -0.2) is 9.97 Å². The smallest absolute Gasteiger partial charge is 0.225 e. The Hall–Kier alpha value is -2.46. The van der Waals surface area contributed by atoms with Crippen molar-refractivity contribution in [1.82, 2.24) is 14.9 Å². The fourth-order valence-corrected chi connectivity index (χ4v) is 5.06. The number of β-amino-alcohol motifs (C(OH)–C–C–N with tert-alkyl or cyclic N) is 1. The van der Waals surface area contributed by atoms with E-state index in [4.69, 9.17) is 4.98 Å². The van der Waals surface area contributed by atoms with Gasteiger partial charge in [-0.15, -0.1) is 0 Å². The van der Waals surface area contributed by atoms with Gasteiger partial charge in [-0.2, -0.15) is 0 Å². The fourth-order valence-electron chi connectivity index (χ4n) is 5.06. The molecule has 0 amide bonds. The molecule has 5 heterocycles. The molecule has 6 heteroatoms. The second kappa shape index (κ2) is 8.23. The van der Waals surface area contributed by atoms with Gasteiger partial charge in [0.2, 0.25) is 5.95 Å². The summed E-state index contributed by atoms with van der Waals surface area (Å²) in [5, 5.41) is 21.3. The Labute approximate surface area is 183 Å². The summed E-state index contributed by atoms with van der Waals surface area (Å²) < 4.78 is 0. The van der Waals surface area contributed by atoms with Crippen molar-refractivity contribution in [3.05, 3.63) is 53.3 Å². The molecule has 2 N–H and O–H groups in total. The summed E-state index contributed by atoms with van der Waals surface area (Å²) in [7, 11) is 0. The fraction of sp³-hybridized carbons (Fsp3) is 0.520. The second-order valence-electron chi connectivity index (χ2n) is 9.37. The minimum atomic E-state index is -0.951. The van der Waals surface area contributed by atoms with Crippen LogP contribution >= 0.6 is 0 Å². The van der Waals surface area contributed by atoms with Gasteiger partial charge in [0.1, 0.15) is 5.60 Å². The molecule has 0 unspecified atom stereocenters. The molecule has 2 aromatic rings. The van der Waals surface area contributed by atoms with E-state index in [-0.39, 0.29) is 17.9 Å². The van der Waals surface area contributed by atoms with Crippen molar-refractivity contribution in [2.24, 2.45) is 11.8 Å². The maximum atomic E-state index is 11.2. The SMILES string of the molecule is C[C@@H]1CN(c2ncc(C#C[C@@]3(O)CN4CCC3CC4)c(Cc3ccccc3)n2)C[C@H]1O. The number of aromatic nitrogens is 2. The van der Waals surface area contributed by atoms with Gasteiger partial charge in [0.15, 0.2) is 0 Å². The number of hydrogen-bond acceptors (Lipinski definition) is 6. The second-order valence-corrected chi connectivity index (χ2v) is 9.37. The molecule has 0 radical (unpaired) electrons. The van der Waals surface area contributed by atoms with E-state index in [2.05, 4.69) is 33.9 Å². The van der Waals surface area contributed by atoms with Gasteiger partial charge in [0, 0.05) is 44.1 Å². The molecule has 2 bridgehead atoms. The number of aliphatic hydroxyl groups excluding tert-OH is 1. The summed E-state index contributed by atoms with van der Waals surface area (Å²) in [5.41, 5.74) is 1.84. The Kier molecular flexibility index (Phi) is 5.43. The van der Waals surface area contributed by atoms with E-state index in [1.807, 2.05) is 30.0 Å². The molecule has 4 saturated heterocycles. The minimum absolute atomic E-state index is 0.201. The molecule has 6 rings (SSSR count). The van der Waals surface area contributed by atoms with E-state index in [1.165, 1.54) is 0 Å². The van der Waals surface area contributed by atoms with Crippen LogP contribution in [0.5, 0.6) is 0 Å². The molecule has 31 heavy (non-hydrogen) atoms. The zero-order chi connectivity index (χ0) is 21.4. The Morgan fingerprint density at radius 3 is 2.58 bits per heavy atom. The van der Waals surface area contributed by atoms with Crippen LogP contribution in [0, 0.1) is 23.7 Å². The zero-order valence-corrected chi connectivity index (χ0v) is 18.0. The molecule has 4 aliphatic heterocycles. The molecule has 162 valence electrons. The van der Waals surface area contributed by atoms with E-state index >= 15 is 0 Å². The quantitative estimate of drug-likeness (QED) is 0.740. The van der Waals surface area contributed by atoms with Gasteiger partial charge in [0.25, 0.3) is 0 Å². The predicted molar refractivity (Wildman–Crippen MR) is 120 cm³/mol. The third-order valence-electron chi connectivity index (χ3n) is 7.07. The van der Waals surface area contributed by atoms with Crippen molar-refractivity contribution < 1.29 is 10.2 Å². The highest BCUT2D eigenvalue weighted by Gasteiger charge is 2.44. The van der Waals surface area contributed by atoms with E-state index in [1.54, 1.807) is 6.20 Å². The lowest BCUT2D eigenvalue weighted by Crippen LogP contribution is -2.58. The molecule has 1 aromatic carbocycles. The van der Waals surface area contributed by atoms with Gasteiger partial charge in [-0.1, -0.05) is 49.1 Å². The number of hydrogen-bond donors (Lipinski definition) is 2. The predicted octanol–water partition coefficient (Wildman–Crippen LogP) is 1.69. The topological polar surface area (TPSA) is 72.7 Å². The first-order chi connectivity index (χ1) is 15.0. The van der Waals surface area contributed by atoms with Gasteiger partial charge >= 0.3 is 0 Å². The normalized spacial score (nSPS) is 32.0. The van der Waals surface area contributed by atoms with Crippen LogP contribution in [-0.4, -0.2) is 69.5 Å². The first kappa shape index (κ1) is 20.4. The van der Waals surface area contributed by atoms with E-state index in [9.17, 15) is 10.2 Å². The van der Waals surface area contributed by atoms with Crippen molar-refractivity contribution >= 4 is 5.95 Å². The van der Waals surface area contributed by atoms with Crippen molar-refractivity contribution in [2.45, 2.75) is 37.9 Å². The molecule has 1 aromatic heterocycles. The van der Waals surface area contributed by atoms with E-state index < -0.39 is 5.60 Å². The first-order valence-electron chi connectivity index (χ1n) is 11.3. The van der Waals surface area contributed by atoms with Crippen molar-refractivity contribution in [1.29, 1.82) is 0 Å². The molecule has 4 aliphatic rings. The zero-order valence-electron chi connectivity index (χ0n) is 18.0. The number of rotatable bonds is 3. The van der Waals surface area contributed by atoms with E-state index in [0.29, 0.717) is 25.5 Å². The highest BCUT2D eigenvalue weighted by molar-refractivity contribution is 5.45. The number of aliphatic hydroxyl groups is 2. The van der Waals surface area contributed by atoms with Crippen molar-refractivity contribution in [2.75, 3.05) is 37.6 Å². The standard InChI is InChI=1S/C25H30N4O2/c1-18-15-29(16-23(18)30)24-26-14-20(22(27-24)13-19-5-3-2-4-6-19)7-10-25(31)17-28-11-8-21(25)9-12-28/h2-6,14,18,21,23,30-31H,8-9,11-13,15-17H2,1H3/t18-,23-,25-/m1/s1. The summed E-state index contributed by atoms with van der Waals surface area (Å²) in [6.07, 6.45) is 4.10. The van der Waals surface area contributed by atoms with Crippen LogP contribution < -0.4 is 4.90 Å². The number of fused-ring (bicyclic) bond motifs is 3.